The molecule has 1 atom stereocenters. The molecule has 24 heavy (non-hydrogen) atoms. The maximum Gasteiger partial charge on any atom is 0.234 e. The minimum atomic E-state index is -0.521. The quantitative estimate of drug-likeness (QED) is 0.138. The van der Waals surface area contributed by atoms with Gasteiger partial charge in [-0.3, -0.25) is 9.79 Å². The van der Waals surface area contributed by atoms with Crippen LogP contribution in [-0.4, -0.2) is 50.5 Å². The maximum absolute atomic E-state index is 11.9. The molecular weight excluding hydrogens is 310 g/mol. The van der Waals surface area contributed by atoms with Crippen molar-refractivity contribution in [1.82, 2.24) is 5.32 Å². The Balaban J connectivity index is 4.78. The van der Waals surface area contributed by atoms with Gasteiger partial charge in [0.25, 0.3) is 0 Å². The molecular formula is C16H35N5O3. The zero-order valence-electron chi connectivity index (χ0n) is 16.1. The molecule has 7 N–H and O–H groups in total. The summed E-state index contributed by atoms with van der Waals surface area (Å²) in [5.74, 6) is -0.223. The average Bonchev–Trinajstić information content (AvgIpc) is 2.56. The summed E-state index contributed by atoms with van der Waals surface area (Å²) >= 11 is 0. The van der Waals surface area contributed by atoms with Crippen LogP contribution in [0.4, 0.5) is 0 Å². The highest BCUT2D eigenvalue weighted by Gasteiger charge is 2.24. The second kappa shape index (κ2) is 15.2. The molecule has 0 radical (unpaired) electrons. The zero-order chi connectivity index (χ0) is 18.9. The maximum atomic E-state index is 11.9. The van der Waals surface area contributed by atoms with E-state index in [1.807, 2.05) is 0 Å². The van der Waals surface area contributed by atoms with Crippen LogP contribution in [-0.2, 0) is 14.3 Å². The second-order valence-electron chi connectivity index (χ2n) is 5.62. The first-order chi connectivity index (χ1) is 12.0. The number of hydrogen-bond donors (Lipinski definition) is 4. The smallest absolute Gasteiger partial charge is 0.234 e. The first kappa shape index (κ1) is 20.7. The van der Waals surface area contributed by atoms with Crippen molar-refractivity contribution in [2.75, 3.05) is 26.3 Å². The molecule has 0 aromatic carbocycles. The fourth-order valence-corrected chi connectivity index (χ4v) is 2.02. The molecule has 8 nitrogen and oxygen atoms in total. The number of ether oxygens (including phenoxy) is 2. The lowest BCUT2D eigenvalue weighted by Crippen LogP contribution is -2.48. The second-order valence-corrected chi connectivity index (χ2v) is 5.62. The van der Waals surface area contributed by atoms with Gasteiger partial charge in [-0.2, -0.15) is 0 Å². The highest BCUT2D eigenvalue weighted by molar-refractivity contribution is 5.78. The van der Waals surface area contributed by atoms with Crippen molar-refractivity contribution in [2.24, 2.45) is 22.2 Å². The summed E-state index contributed by atoms with van der Waals surface area (Å²) in [6.07, 6.45) is 4.67. The van der Waals surface area contributed by atoms with Gasteiger partial charge in [-0.25, -0.2) is 0 Å². The Kier molecular flexibility index (Phi) is 13.1. The van der Waals surface area contributed by atoms with Crippen LogP contribution >= 0.6 is 0 Å². The van der Waals surface area contributed by atoms with Crippen molar-refractivity contribution >= 4 is 11.9 Å². The van der Waals surface area contributed by atoms with Crippen molar-refractivity contribution < 1.29 is 15.7 Å². The van der Waals surface area contributed by atoms with Crippen LogP contribution in [0.25, 0.3) is 0 Å². The Hall–Kier alpha value is -1.38. The van der Waals surface area contributed by atoms with Crippen molar-refractivity contribution in [1.29, 1.82) is 0 Å². The van der Waals surface area contributed by atoms with Gasteiger partial charge in [-0.05, 0) is 25.7 Å². The van der Waals surface area contributed by atoms with E-state index >= 15 is 0 Å². The Morgan fingerprint density at radius 2 is 1.79 bits per heavy atom. The van der Waals surface area contributed by atoms with Crippen molar-refractivity contribution in [2.45, 2.75) is 64.7 Å². The normalized spacial score (nSPS) is 12.7. The van der Waals surface area contributed by atoms with Crippen LogP contribution in [0.1, 0.15) is 52.4 Å². The fourth-order valence-electron chi connectivity index (χ4n) is 2.02. The molecule has 0 heterocycles. The number of unbranched alkanes of at least 4 members (excludes halogenated alkanes) is 2. The molecule has 0 aliphatic carbocycles. The summed E-state index contributed by atoms with van der Waals surface area (Å²) in [6.45, 7) is 5.72. The summed E-state index contributed by atoms with van der Waals surface area (Å²) in [5, 5.41) is 2.88. The van der Waals surface area contributed by atoms with Crippen LogP contribution in [0.2, 0.25) is 1.41 Å². The Labute approximate surface area is 147 Å². The molecule has 0 aromatic rings. The topological polar surface area (TPSA) is 138 Å². The molecule has 0 saturated heterocycles. The molecule has 0 rings (SSSR count). The summed E-state index contributed by atoms with van der Waals surface area (Å²) in [4.78, 5) is 15.8. The van der Waals surface area contributed by atoms with Crippen molar-refractivity contribution in [3.8, 4) is 0 Å². The van der Waals surface area contributed by atoms with E-state index < -0.39 is 6.29 Å². The van der Waals surface area contributed by atoms with E-state index in [2.05, 4.69) is 29.9 Å². The SMILES string of the molecule is [2H]NCC(=O)N[C@@H](CCCN=C(N)N)C(OCCCC)OCCCC. The molecule has 0 aliphatic rings. The molecule has 0 bridgehead atoms. The van der Waals surface area contributed by atoms with E-state index in [0.717, 1.165) is 25.7 Å². The monoisotopic (exact) mass is 346 g/mol. The van der Waals surface area contributed by atoms with Gasteiger partial charge in [0, 0.05) is 19.8 Å². The number of carbonyl (C=O) groups is 1. The lowest BCUT2D eigenvalue weighted by atomic mass is 10.1. The average molecular weight is 346 g/mol. The van der Waals surface area contributed by atoms with Crippen LogP contribution in [0.5, 0.6) is 0 Å². The highest BCUT2D eigenvalue weighted by Crippen LogP contribution is 2.11. The van der Waals surface area contributed by atoms with Crippen LogP contribution in [0, 0.1) is 0 Å². The van der Waals surface area contributed by atoms with Gasteiger partial charge in [-0.15, -0.1) is 0 Å². The molecule has 1 amide bonds. The third-order valence-electron chi connectivity index (χ3n) is 3.36. The largest absolute Gasteiger partial charge is 0.370 e. The number of carbonyl (C=O) groups excluding carboxylic acids is 1. The van der Waals surface area contributed by atoms with Gasteiger partial charge >= 0.3 is 0 Å². The number of rotatable bonds is 16. The van der Waals surface area contributed by atoms with Gasteiger partial charge in [0.05, 0.1) is 12.6 Å². The van der Waals surface area contributed by atoms with Gasteiger partial charge in [0.15, 0.2) is 12.2 Å². The van der Waals surface area contributed by atoms with E-state index in [-0.39, 0.29) is 24.5 Å². The van der Waals surface area contributed by atoms with Crippen LogP contribution in [0.15, 0.2) is 4.99 Å². The highest BCUT2D eigenvalue weighted by atomic mass is 16.7. The lowest BCUT2D eigenvalue weighted by molar-refractivity contribution is -0.165. The number of hydrogen-bond acceptors (Lipinski definition) is 5. The van der Waals surface area contributed by atoms with Crippen LogP contribution < -0.4 is 22.5 Å². The minimum Gasteiger partial charge on any atom is -0.370 e. The van der Waals surface area contributed by atoms with Crippen LogP contribution in [0.3, 0.4) is 0 Å². The van der Waals surface area contributed by atoms with E-state index in [0.29, 0.717) is 32.6 Å². The first-order valence-electron chi connectivity index (χ1n) is 9.27. The molecule has 142 valence electrons. The third-order valence-corrected chi connectivity index (χ3v) is 3.36. The molecule has 0 saturated carbocycles. The standard InChI is InChI=1S/C16H35N5O3/c1-3-5-10-23-15(24-11-6-4-2)13(21-14(22)12-17)8-7-9-20-16(18)19/h13,15H,3-12,17H2,1-2H3,(H,21,22)(H4,18,19,20)/t13-/m0/s1/i/hD. The number of aliphatic imine (C=N–C) groups is 1. The molecule has 0 aromatic heterocycles. The van der Waals surface area contributed by atoms with E-state index in [1.54, 1.807) is 0 Å². The Morgan fingerprint density at radius 1 is 1.17 bits per heavy atom. The number of nitrogens with one attached hydrogen (secondary N) is 1. The molecule has 0 unspecified atom stereocenters. The van der Waals surface area contributed by atoms with E-state index in [4.69, 9.17) is 22.4 Å². The van der Waals surface area contributed by atoms with E-state index in [9.17, 15) is 4.79 Å². The predicted octanol–water partition coefficient (Wildman–Crippen LogP) is 0.443. The molecule has 8 heteroatoms. The molecule has 0 spiro atoms. The Bertz CT molecular complexity index is 358. The number of amides is 1. The number of nitrogens with zero attached hydrogens (tertiary/aromatic N) is 1. The van der Waals surface area contributed by atoms with Crippen molar-refractivity contribution in [3.63, 3.8) is 0 Å². The summed E-state index contributed by atoms with van der Waals surface area (Å²) in [6, 6.07) is -0.316. The Morgan fingerprint density at radius 3 is 2.29 bits per heavy atom. The first-order valence-corrected chi connectivity index (χ1v) is 8.77. The molecule has 0 fully saturated rings. The number of nitrogens with two attached hydrogens (primary N) is 3. The van der Waals surface area contributed by atoms with Gasteiger partial charge in [-0.1, -0.05) is 26.7 Å². The van der Waals surface area contributed by atoms with Gasteiger partial charge in [0.1, 0.15) is 1.41 Å². The minimum absolute atomic E-state index is 0.0499. The summed E-state index contributed by atoms with van der Waals surface area (Å²) in [5.41, 5.74) is 12.8. The zero-order valence-corrected chi connectivity index (χ0v) is 15.1. The van der Waals surface area contributed by atoms with E-state index in [1.165, 1.54) is 0 Å². The summed E-state index contributed by atoms with van der Waals surface area (Å²) in [7, 11) is 0. The fraction of sp³-hybridized carbons (Fsp3) is 0.875. The molecule has 0 aliphatic heterocycles. The van der Waals surface area contributed by atoms with Gasteiger partial charge in [0.2, 0.25) is 5.91 Å². The van der Waals surface area contributed by atoms with Gasteiger partial charge < -0.3 is 32.0 Å². The van der Waals surface area contributed by atoms with Crippen molar-refractivity contribution in [3.05, 3.63) is 0 Å². The summed E-state index contributed by atoms with van der Waals surface area (Å²) < 4.78 is 18.7. The third kappa shape index (κ3) is 12.1. The predicted molar refractivity (Wildman–Crippen MR) is 96.4 cm³/mol. The lowest BCUT2D eigenvalue weighted by Gasteiger charge is -2.28. The number of guanidine groups is 1.